The molecule has 1 fully saturated rings. The van der Waals surface area contributed by atoms with Crippen molar-refractivity contribution in [1.82, 2.24) is 20.5 Å². The van der Waals surface area contributed by atoms with Gasteiger partial charge in [-0.2, -0.15) is 13.2 Å². The maximum atomic E-state index is 12.9. The minimum Gasteiger partial charge on any atom is -0.470 e. The molecule has 0 spiro atoms. The molecule has 1 aliphatic rings. The number of halogens is 3. The number of nitrogens with zero attached hydrogens (tertiary/aromatic N) is 3. The Balaban J connectivity index is 1.68. The van der Waals surface area contributed by atoms with Crippen molar-refractivity contribution in [3.05, 3.63) is 47.4 Å². The van der Waals surface area contributed by atoms with Crippen molar-refractivity contribution in [3.63, 3.8) is 0 Å². The minimum atomic E-state index is -4.56. The molecule has 1 amide bonds. The number of ether oxygens (including phenoxy) is 2. The maximum Gasteiger partial charge on any atom is 0.433 e. The summed E-state index contributed by atoms with van der Waals surface area (Å²) in [6.07, 6.45) is -3.75. The summed E-state index contributed by atoms with van der Waals surface area (Å²) in [5.41, 5.74) is -0.510. The van der Waals surface area contributed by atoms with Crippen LogP contribution in [-0.4, -0.2) is 46.4 Å². The number of alkyl halides is 3. The van der Waals surface area contributed by atoms with Gasteiger partial charge in [-0.25, -0.2) is 4.98 Å². The predicted octanol–water partition coefficient (Wildman–Crippen LogP) is 3.01. The average Bonchev–Trinajstić information content (AvgIpc) is 2.77. The molecule has 0 radical (unpaired) electrons. The van der Waals surface area contributed by atoms with Crippen molar-refractivity contribution in [1.29, 1.82) is 0 Å². The van der Waals surface area contributed by atoms with Gasteiger partial charge in [0.25, 0.3) is 5.91 Å². The summed E-state index contributed by atoms with van der Waals surface area (Å²) in [7, 11) is 0. The first-order valence-corrected chi connectivity index (χ1v) is 9.83. The van der Waals surface area contributed by atoms with Crippen molar-refractivity contribution >= 4 is 5.91 Å². The minimum absolute atomic E-state index is 0.139. The standard InChI is InChI=1S/C21H21F3N4O3/c1-2-12-25-20(29)15-10-8-14(27-28-15)9-11-16-17(5-4-13-30-16)31-19-7-3-6-18(26-19)21(22,23)24/h3,6-8,10,16-17H,2,4-5,12-13H2,1H3,(H,25,29). The van der Waals surface area contributed by atoms with Gasteiger partial charge < -0.3 is 14.8 Å². The molecule has 7 nitrogen and oxygen atoms in total. The fourth-order valence-corrected chi connectivity index (χ4v) is 2.80. The van der Waals surface area contributed by atoms with E-state index in [4.69, 9.17) is 9.47 Å². The van der Waals surface area contributed by atoms with Crippen LogP contribution in [0.2, 0.25) is 0 Å². The topological polar surface area (TPSA) is 86.2 Å². The molecule has 2 aromatic rings. The summed E-state index contributed by atoms with van der Waals surface area (Å²) in [5, 5.41) is 10.5. The summed E-state index contributed by atoms with van der Waals surface area (Å²) in [4.78, 5) is 15.4. The second-order valence-electron chi connectivity index (χ2n) is 6.78. The van der Waals surface area contributed by atoms with Crippen LogP contribution in [0.3, 0.4) is 0 Å². The number of hydrogen-bond acceptors (Lipinski definition) is 6. The van der Waals surface area contributed by atoms with Crippen LogP contribution in [0.1, 0.15) is 48.1 Å². The molecule has 3 rings (SSSR count). The van der Waals surface area contributed by atoms with Gasteiger partial charge in [-0.3, -0.25) is 4.79 Å². The summed E-state index contributed by atoms with van der Waals surface area (Å²) >= 11 is 0. The van der Waals surface area contributed by atoms with E-state index in [0.717, 1.165) is 12.5 Å². The van der Waals surface area contributed by atoms with Gasteiger partial charge in [0.05, 0.1) is 0 Å². The number of rotatable bonds is 5. The van der Waals surface area contributed by atoms with Crippen molar-refractivity contribution in [3.8, 4) is 17.7 Å². The van der Waals surface area contributed by atoms with Crippen LogP contribution in [-0.2, 0) is 10.9 Å². The van der Waals surface area contributed by atoms with Gasteiger partial charge in [-0.1, -0.05) is 18.9 Å². The molecule has 1 N–H and O–H groups in total. The Morgan fingerprint density at radius 1 is 1.29 bits per heavy atom. The van der Waals surface area contributed by atoms with Crippen molar-refractivity contribution < 1.29 is 27.4 Å². The molecular formula is C21H21F3N4O3. The van der Waals surface area contributed by atoms with E-state index in [9.17, 15) is 18.0 Å². The highest BCUT2D eigenvalue weighted by atomic mass is 19.4. The van der Waals surface area contributed by atoms with Gasteiger partial charge in [-0.05, 0) is 43.4 Å². The Bertz CT molecular complexity index is 955. The third kappa shape index (κ3) is 6.39. The maximum absolute atomic E-state index is 12.9. The van der Waals surface area contributed by atoms with E-state index in [-0.39, 0.29) is 17.5 Å². The Labute approximate surface area is 177 Å². The molecule has 10 heteroatoms. The van der Waals surface area contributed by atoms with Crippen LogP contribution in [0.15, 0.2) is 30.3 Å². The first kappa shape index (κ1) is 22.5. The molecule has 164 valence electrons. The average molecular weight is 434 g/mol. The van der Waals surface area contributed by atoms with Gasteiger partial charge in [0.1, 0.15) is 17.5 Å². The lowest BCUT2D eigenvalue weighted by Gasteiger charge is -2.28. The largest absolute Gasteiger partial charge is 0.470 e. The summed E-state index contributed by atoms with van der Waals surface area (Å²) < 4.78 is 49.9. The lowest BCUT2D eigenvalue weighted by atomic mass is 10.1. The monoisotopic (exact) mass is 434 g/mol. The van der Waals surface area contributed by atoms with Crippen LogP contribution in [0.25, 0.3) is 0 Å². The van der Waals surface area contributed by atoms with E-state index in [2.05, 4.69) is 32.3 Å². The van der Waals surface area contributed by atoms with Crippen LogP contribution in [0.4, 0.5) is 13.2 Å². The van der Waals surface area contributed by atoms with Gasteiger partial charge in [-0.15, -0.1) is 10.2 Å². The van der Waals surface area contributed by atoms with Crippen molar-refractivity contribution in [2.24, 2.45) is 0 Å². The predicted molar refractivity (Wildman–Crippen MR) is 104 cm³/mol. The second kappa shape index (κ2) is 10.2. The van der Waals surface area contributed by atoms with Crippen LogP contribution in [0, 0.1) is 11.8 Å². The summed E-state index contributed by atoms with van der Waals surface area (Å²) in [5.74, 6) is 5.25. The normalized spacial score (nSPS) is 18.6. The van der Waals surface area contributed by atoms with Gasteiger partial charge in [0.2, 0.25) is 5.88 Å². The van der Waals surface area contributed by atoms with Gasteiger partial charge in [0, 0.05) is 19.2 Å². The number of nitrogens with one attached hydrogen (secondary N) is 1. The smallest absolute Gasteiger partial charge is 0.433 e. The molecule has 31 heavy (non-hydrogen) atoms. The Kier molecular flexibility index (Phi) is 7.41. The zero-order valence-corrected chi connectivity index (χ0v) is 16.8. The fourth-order valence-electron chi connectivity index (χ4n) is 2.80. The van der Waals surface area contributed by atoms with E-state index in [1.54, 1.807) is 6.07 Å². The molecule has 1 aliphatic heterocycles. The zero-order chi connectivity index (χ0) is 22.3. The van der Waals surface area contributed by atoms with Crippen LogP contribution in [0.5, 0.6) is 5.88 Å². The number of amides is 1. The van der Waals surface area contributed by atoms with E-state index >= 15 is 0 Å². The molecular weight excluding hydrogens is 413 g/mol. The van der Waals surface area contributed by atoms with Crippen LogP contribution < -0.4 is 10.1 Å². The molecule has 0 aliphatic carbocycles. The first-order chi connectivity index (χ1) is 14.9. The third-order valence-electron chi connectivity index (χ3n) is 4.33. The summed E-state index contributed by atoms with van der Waals surface area (Å²) in [6, 6.07) is 6.57. The van der Waals surface area contributed by atoms with E-state index < -0.39 is 24.1 Å². The molecule has 0 aromatic carbocycles. The molecule has 2 aromatic heterocycles. The highest BCUT2D eigenvalue weighted by Crippen LogP contribution is 2.29. The molecule has 2 atom stereocenters. The molecule has 0 bridgehead atoms. The van der Waals surface area contributed by atoms with Gasteiger partial charge >= 0.3 is 6.18 Å². The van der Waals surface area contributed by atoms with Crippen LogP contribution >= 0.6 is 0 Å². The molecule has 1 saturated heterocycles. The highest BCUT2D eigenvalue weighted by Gasteiger charge is 2.33. The Morgan fingerprint density at radius 2 is 2.13 bits per heavy atom. The van der Waals surface area contributed by atoms with Crippen molar-refractivity contribution in [2.45, 2.75) is 44.6 Å². The SMILES string of the molecule is CCCNC(=O)c1ccc(C#CC2OCCCC2Oc2cccc(C(F)(F)F)n2)nn1. The van der Waals surface area contributed by atoms with Crippen molar-refractivity contribution in [2.75, 3.05) is 13.2 Å². The van der Waals surface area contributed by atoms with E-state index in [0.29, 0.717) is 31.7 Å². The van der Waals surface area contributed by atoms with Gasteiger partial charge in [0.15, 0.2) is 11.8 Å². The zero-order valence-electron chi connectivity index (χ0n) is 16.8. The number of carbonyl (C=O) groups is 1. The highest BCUT2D eigenvalue weighted by molar-refractivity contribution is 5.92. The molecule has 2 unspecified atom stereocenters. The number of carbonyl (C=O) groups excluding carboxylic acids is 1. The second-order valence-corrected chi connectivity index (χ2v) is 6.78. The number of pyridine rings is 1. The quantitative estimate of drug-likeness (QED) is 0.729. The lowest BCUT2D eigenvalue weighted by Crippen LogP contribution is -2.37. The van der Waals surface area contributed by atoms with E-state index in [1.165, 1.54) is 18.2 Å². The lowest BCUT2D eigenvalue weighted by molar-refractivity contribution is -0.141. The first-order valence-electron chi connectivity index (χ1n) is 9.83. The number of hydrogen-bond donors (Lipinski definition) is 1. The summed E-state index contributed by atoms with van der Waals surface area (Å²) in [6.45, 7) is 2.94. The fraction of sp³-hybridized carbons (Fsp3) is 0.429. The van der Waals surface area contributed by atoms with E-state index in [1.807, 2.05) is 6.92 Å². The molecule has 3 heterocycles. The Hall–Kier alpha value is -3.19. The third-order valence-corrected chi connectivity index (χ3v) is 4.33. The molecule has 0 saturated carbocycles. The number of aromatic nitrogens is 3. The Morgan fingerprint density at radius 3 is 2.84 bits per heavy atom.